The molecule has 0 aliphatic heterocycles. The van der Waals surface area contributed by atoms with E-state index in [1.54, 1.807) is 16.1 Å². The van der Waals surface area contributed by atoms with Crippen LogP contribution in [0.25, 0.3) is 11.2 Å². The maximum atomic E-state index is 12.5. The first-order valence-electron chi connectivity index (χ1n) is 7.02. The van der Waals surface area contributed by atoms with Crippen LogP contribution in [-0.2, 0) is 19.6 Å². The van der Waals surface area contributed by atoms with Gasteiger partial charge in [0.2, 0.25) is 0 Å². The SMILES string of the molecule is CCCCn1c(=O)n(CC)c(=O)c2c1[nH]c(=S)n2CC. The fraction of sp³-hybridized carbons (Fsp3) is 0.615. The standard InChI is InChI=1S/C13H20N4O2S/c1-4-7-8-17-10-9(15(5-2)12(20)14-10)11(18)16(6-3)13(17)19/h4-8H2,1-3H3,(H,14,20). The smallest absolute Gasteiger partial charge is 0.316 e. The number of aromatic nitrogens is 4. The quantitative estimate of drug-likeness (QED) is 0.857. The van der Waals surface area contributed by atoms with Gasteiger partial charge in [0.15, 0.2) is 10.3 Å². The second-order valence-electron chi connectivity index (χ2n) is 4.71. The van der Waals surface area contributed by atoms with Gasteiger partial charge in [0, 0.05) is 19.6 Å². The second kappa shape index (κ2) is 5.78. The summed E-state index contributed by atoms with van der Waals surface area (Å²) in [6.45, 7) is 7.35. The Hall–Kier alpha value is -1.63. The van der Waals surface area contributed by atoms with E-state index in [1.807, 2.05) is 6.92 Å². The Balaban J connectivity index is 2.94. The van der Waals surface area contributed by atoms with Crippen LogP contribution in [0.4, 0.5) is 0 Å². The summed E-state index contributed by atoms with van der Waals surface area (Å²) in [5.74, 6) is 0. The highest BCUT2D eigenvalue weighted by molar-refractivity contribution is 7.71. The zero-order valence-electron chi connectivity index (χ0n) is 12.1. The first kappa shape index (κ1) is 14.8. The van der Waals surface area contributed by atoms with Crippen molar-refractivity contribution < 1.29 is 0 Å². The summed E-state index contributed by atoms with van der Waals surface area (Å²) in [7, 11) is 0. The van der Waals surface area contributed by atoms with Crippen LogP contribution in [0.5, 0.6) is 0 Å². The molecular weight excluding hydrogens is 276 g/mol. The minimum absolute atomic E-state index is 0.266. The monoisotopic (exact) mass is 296 g/mol. The second-order valence-corrected chi connectivity index (χ2v) is 5.10. The van der Waals surface area contributed by atoms with Gasteiger partial charge < -0.3 is 9.55 Å². The molecule has 1 N–H and O–H groups in total. The van der Waals surface area contributed by atoms with E-state index in [4.69, 9.17) is 12.2 Å². The van der Waals surface area contributed by atoms with E-state index in [0.717, 1.165) is 12.8 Å². The molecule has 0 aromatic carbocycles. The van der Waals surface area contributed by atoms with Gasteiger partial charge in [-0.25, -0.2) is 4.79 Å². The summed E-state index contributed by atoms with van der Waals surface area (Å²) in [6, 6.07) is 0. The van der Waals surface area contributed by atoms with E-state index in [9.17, 15) is 9.59 Å². The van der Waals surface area contributed by atoms with Gasteiger partial charge in [0.05, 0.1) is 0 Å². The number of hydrogen-bond acceptors (Lipinski definition) is 3. The van der Waals surface area contributed by atoms with E-state index in [-0.39, 0.29) is 11.2 Å². The Morgan fingerprint density at radius 2 is 1.70 bits per heavy atom. The highest BCUT2D eigenvalue weighted by Crippen LogP contribution is 2.09. The summed E-state index contributed by atoms with van der Waals surface area (Å²) >= 11 is 5.25. The van der Waals surface area contributed by atoms with E-state index >= 15 is 0 Å². The number of fused-ring (bicyclic) bond motifs is 1. The molecular formula is C13H20N4O2S. The third kappa shape index (κ3) is 2.15. The molecule has 0 amide bonds. The number of imidazole rings is 1. The predicted octanol–water partition coefficient (Wildman–Crippen LogP) is 1.86. The number of nitrogens with one attached hydrogen (secondary N) is 1. The number of rotatable bonds is 5. The third-order valence-electron chi connectivity index (χ3n) is 3.51. The number of H-pyrrole nitrogens is 1. The minimum Gasteiger partial charge on any atom is -0.316 e. The molecule has 0 saturated heterocycles. The lowest BCUT2D eigenvalue weighted by Gasteiger charge is -2.10. The van der Waals surface area contributed by atoms with Crippen molar-refractivity contribution in [1.82, 2.24) is 18.7 Å². The van der Waals surface area contributed by atoms with Crippen LogP contribution in [-0.4, -0.2) is 18.7 Å². The fourth-order valence-corrected chi connectivity index (χ4v) is 2.75. The molecule has 0 bridgehead atoms. The zero-order valence-corrected chi connectivity index (χ0v) is 12.9. The van der Waals surface area contributed by atoms with Gasteiger partial charge >= 0.3 is 5.69 Å². The third-order valence-corrected chi connectivity index (χ3v) is 3.83. The number of nitrogens with zero attached hydrogens (tertiary/aromatic N) is 3. The summed E-state index contributed by atoms with van der Waals surface area (Å²) in [5, 5.41) is 0. The van der Waals surface area contributed by atoms with Gasteiger partial charge in [-0.1, -0.05) is 13.3 Å². The van der Waals surface area contributed by atoms with Crippen molar-refractivity contribution in [2.75, 3.05) is 0 Å². The van der Waals surface area contributed by atoms with E-state index in [0.29, 0.717) is 35.6 Å². The van der Waals surface area contributed by atoms with E-state index in [2.05, 4.69) is 11.9 Å². The summed E-state index contributed by atoms with van der Waals surface area (Å²) < 4.78 is 5.14. The average molecular weight is 296 g/mol. The molecule has 2 rings (SSSR count). The van der Waals surface area contributed by atoms with Crippen LogP contribution in [0.3, 0.4) is 0 Å². The zero-order chi connectivity index (χ0) is 14.9. The van der Waals surface area contributed by atoms with Crippen LogP contribution in [0, 0.1) is 4.77 Å². The normalized spacial score (nSPS) is 11.3. The Bertz CT molecular complexity index is 794. The summed E-state index contributed by atoms with van der Waals surface area (Å²) in [5.41, 5.74) is 0.507. The first-order chi connectivity index (χ1) is 9.56. The molecule has 0 atom stereocenters. The average Bonchev–Trinajstić information content (AvgIpc) is 2.76. The van der Waals surface area contributed by atoms with Crippen molar-refractivity contribution in [3.63, 3.8) is 0 Å². The topological polar surface area (TPSA) is 64.7 Å². The maximum absolute atomic E-state index is 12.5. The number of aryl methyl sites for hydroxylation is 2. The van der Waals surface area contributed by atoms with Gasteiger partial charge in [0.1, 0.15) is 5.65 Å². The van der Waals surface area contributed by atoms with Crippen LogP contribution >= 0.6 is 12.2 Å². The lowest BCUT2D eigenvalue weighted by atomic mass is 10.3. The Kier molecular flexibility index (Phi) is 4.27. The summed E-state index contributed by atoms with van der Waals surface area (Å²) in [6.07, 6.45) is 1.86. The van der Waals surface area contributed by atoms with Crippen molar-refractivity contribution in [3.8, 4) is 0 Å². The number of unbranched alkanes of at least 4 members (excludes halogenated alkanes) is 1. The minimum atomic E-state index is -0.269. The molecule has 0 aliphatic rings. The lowest BCUT2D eigenvalue weighted by molar-refractivity contribution is 0.560. The molecule has 7 heteroatoms. The van der Waals surface area contributed by atoms with Crippen molar-refractivity contribution in [2.24, 2.45) is 0 Å². The van der Waals surface area contributed by atoms with E-state index < -0.39 is 0 Å². The van der Waals surface area contributed by atoms with E-state index in [1.165, 1.54) is 4.57 Å². The largest absolute Gasteiger partial charge is 0.332 e. The molecule has 0 spiro atoms. The fourth-order valence-electron chi connectivity index (χ4n) is 2.43. The number of aromatic amines is 1. The van der Waals surface area contributed by atoms with Crippen LogP contribution < -0.4 is 11.2 Å². The van der Waals surface area contributed by atoms with Crippen molar-refractivity contribution >= 4 is 23.4 Å². The Morgan fingerprint density at radius 1 is 1.05 bits per heavy atom. The first-order valence-corrected chi connectivity index (χ1v) is 7.43. The van der Waals surface area contributed by atoms with Gasteiger partial charge in [-0.15, -0.1) is 0 Å². The highest BCUT2D eigenvalue weighted by atomic mass is 32.1. The Morgan fingerprint density at radius 3 is 2.25 bits per heavy atom. The Labute approximate surface area is 121 Å². The molecule has 0 saturated carbocycles. The molecule has 2 aromatic heterocycles. The molecule has 20 heavy (non-hydrogen) atoms. The molecule has 0 aliphatic carbocycles. The van der Waals surface area contributed by atoms with Crippen molar-refractivity contribution in [2.45, 2.75) is 53.2 Å². The number of hydrogen-bond donors (Lipinski definition) is 1. The molecule has 110 valence electrons. The molecule has 0 unspecified atom stereocenters. The highest BCUT2D eigenvalue weighted by Gasteiger charge is 2.16. The molecule has 2 aromatic rings. The van der Waals surface area contributed by atoms with Gasteiger partial charge in [-0.2, -0.15) is 0 Å². The van der Waals surface area contributed by atoms with Gasteiger partial charge in [-0.05, 0) is 32.5 Å². The lowest BCUT2D eigenvalue weighted by Crippen LogP contribution is -2.40. The summed E-state index contributed by atoms with van der Waals surface area (Å²) in [4.78, 5) is 27.9. The predicted molar refractivity (Wildman–Crippen MR) is 81.9 cm³/mol. The van der Waals surface area contributed by atoms with Crippen LogP contribution in [0.2, 0.25) is 0 Å². The molecule has 6 nitrogen and oxygen atoms in total. The van der Waals surface area contributed by atoms with Crippen LogP contribution in [0.1, 0.15) is 33.6 Å². The molecule has 0 radical (unpaired) electrons. The van der Waals surface area contributed by atoms with Crippen LogP contribution in [0.15, 0.2) is 9.59 Å². The molecule has 0 fully saturated rings. The van der Waals surface area contributed by atoms with Crippen molar-refractivity contribution in [3.05, 3.63) is 25.6 Å². The maximum Gasteiger partial charge on any atom is 0.332 e. The van der Waals surface area contributed by atoms with Crippen molar-refractivity contribution in [1.29, 1.82) is 0 Å². The van der Waals surface area contributed by atoms with Gasteiger partial charge in [-0.3, -0.25) is 13.9 Å². The van der Waals surface area contributed by atoms with Gasteiger partial charge in [0.25, 0.3) is 5.56 Å². The molecule has 2 heterocycles.